The predicted octanol–water partition coefficient (Wildman–Crippen LogP) is 2.36. The van der Waals surface area contributed by atoms with Gasteiger partial charge in [-0.3, -0.25) is 4.79 Å². The van der Waals surface area contributed by atoms with Crippen molar-refractivity contribution in [2.45, 2.75) is 32.2 Å². The maximum absolute atomic E-state index is 13.0. The molecule has 2 saturated heterocycles. The van der Waals surface area contributed by atoms with Crippen molar-refractivity contribution in [3.63, 3.8) is 0 Å². The molecule has 3 rings (SSSR count). The molecular weight excluding hydrogens is 264 g/mol. The molecule has 2 aliphatic rings. The summed E-state index contributed by atoms with van der Waals surface area (Å²) in [6.45, 7) is 4.71. The van der Waals surface area contributed by atoms with E-state index in [-0.39, 0.29) is 11.5 Å². The van der Waals surface area contributed by atoms with Gasteiger partial charge in [0.05, 0.1) is 18.6 Å². The second-order valence-corrected chi connectivity index (χ2v) is 6.42. The monoisotopic (exact) mass is 288 g/mol. The fourth-order valence-electron chi connectivity index (χ4n) is 3.55. The van der Waals surface area contributed by atoms with Crippen LogP contribution >= 0.6 is 0 Å². The Balaban J connectivity index is 1.83. The number of methoxy groups -OCH3 is 1. The fourth-order valence-corrected chi connectivity index (χ4v) is 3.55. The summed E-state index contributed by atoms with van der Waals surface area (Å²) in [6.07, 6.45) is 3.06. The first kappa shape index (κ1) is 14.4. The van der Waals surface area contributed by atoms with Crippen LogP contribution in [0.15, 0.2) is 24.3 Å². The summed E-state index contributed by atoms with van der Waals surface area (Å²) in [4.78, 5) is 15.0. The van der Waals surface area contributed by atoms with Crippen LogP contribution in [-0.4, -0.2) is 37.6 Å². The largest absolute Gasteiger partial charge is 0.497 e. The van der Waals surface area contributed by atoms with E-state index in [9.17, 15) is 4.79 Å². The molecule has 0 bridgehead atoms. The molecule has 2 heterocycles. The molecule has 2 unspecified atom stereocenters. The zero-order valence-corrected chi connectivity index (χ0v) is 12.9. The number of benzene rings is 1. The molecule has 1 N–H and O–H groups in total. The van der Waals surface area contributed by atoms with Gasteiger partial charge in [-0.25, -0.2) is 0 Å². The highest BCUT2D eigenvalue weighted by atomic mass is 16.5. The standard InChI is InChI=1S/C17H24N2O2/c1-17(8-9-18-12-17)16(20)19-10-4-7-15(19)13-5-3-6-14(11-13)21-2/h3,5-6,11,15,18H,4,7-10,12H2,1-2H3. The van der Waals surface area contributed by atoms with Gasteiger partial charge in [0.2, 0.25) is 5.91 Å². The van der Waals surface area contributed by atoms with Crippen LogP contribution in [0.5, 0.6) is 5.75 Å². The van der Waals surface area contributed by atoms with Crippen molar-refractivity contribution in [1.82, 2.24) is 10.2 Å². The number of nitrogens with zero attached hydrogens (tertiary/aromatic N) is 1. The smallest absolute Gasteiger partial charge is 0.230 e. The highest BCUT2D eigenvalue weighted by Gasteiger charge is 2.42. The third-order valence-electron chi connectivity index (χ3n) is 4.88. The molecule has 1 amide bonds. The van der Waals surface area contributed by atoms with Crippen molar-refractivity contribution in [3.05, 3.63) is 29.8 Å². The third-order valence-corrected chi connectivity index (χ3v) is 4.88. The minimum absolute atomic E-state index is 0.199. The molecule has 2 atom stereocenters. The van der Waals surface area contributed by atoms with E-state index in [1.807, 2.05) is 12.1 Å². The van der Waals surface area contributed by atoms with Crippen LogP contribution in [0.1, 0.15) is 37.8 Å². The van der Waals surface area contributed by atoms with Gasteiger partial charge in [-0.15, -0.1) is 0 Å². The Bertz CT molecular complexity index is 523. The number of carbonyl (C=O) groups excluding carboxylic acids is 1. The summed E-state index contributed by atoms with van der Waals surface area (Å²) >= 11 is 0. The third kappa shape index (κ3) is 2.64. The van der Waals surface area contributed by atoms with Crippen molar-refractivity contribution < 1.29 is 9.53 Å². The van der Waals surface area contributed by atoms with Gasteiger partial charge >= 0.3 is 0 Å². The van der Waals surface area contributed by atoms with Crippen molar-refractivity contribution in [1.29, 1.82) is 0 Å². The molecule has 0 saturated carbocycles. The quantitative estimate of drug-likeness (QED) is 0.928. The maximum Gasteiger partial charge on any atom is 0.230 e. The molecule has 2 fully saturated rings. The van der Waals surface area contributed by atoms with Crippen molar-refractivity contribution in [3.8, 4) is 5.75 Å². The lowest BCUT2D eigenvalue weighted by Crippen LogP contribution is -2.43. The van der Waals surface area contributed by atoms with Gasteiger partial charge in [-0.05, 0) is 50.4 Å². The number of amides is 1. The number of hydrogen-bond donors (Lipinski definition) is 1. The summed E-state index contributed by atoms with van der Waals surface area (Å²) in [6, 6.07) is 8.32. The molecule has 114 valence electrons. The Hall–Kier alpha value is -1.55. The second-order valence-electron chi connectivity index (χ2n) is 6.42. The van der Waals surface area contributed by atoms with Gasteiger partial charge in [0.15, 0.2) is 0 Å². The zero-order chi connectivity index (χ0) is 14.9. The van der Waals surface area contributed by atoms with Crippen LogP contribution in [0, 0.1) is 5.41 Å². The van der Waals surface area contributed by atoms with E-state index in [4.69, 9.17) is 4.74 Å². The fraction of sp³-hybridized carbons (Fsp3) is 0.588. The van der Waals surface area contributed by atoms with E-state index < -0.39 is 0 Å². The van der Waals surface area contributed by atoms with Crippen LogP contribution in [0.3, 0.4) is 0 Å². The SMILES string of the molecule is COc1cccc(C2CCCN2C(=O)C2(C)CCNC2)c1. The Morgan fingerprint density at radius 3 is 3.05 bits per heavy atom. The van der Waals surface area contributed by atoms with E-state index in [1.54, 1.807) is 7.11 Å². The summed E-state index contributed by atoms with van der Waals surface area (Å²) < 4.78 is 5.32. The van der Waals surface area contributed by atoms with Crippen LogP contribution < -0.4 is 10.1 Å². The molecule has 4 nitrogen and oxygen atoms in total. The maximum atomic E-state index is 13.0. The van der Waals surface area contributed by atoms with E-state index in [1.165, 1.54) is 5.56 Å². The van der Waals surface area contributed by atoms with Crippen LogP contribution in [-0.2, 0) is 4.79 Å². The highest BCUT2D eigenvalue weighted by molar-refractivity contribution is 5.83. The summed E-state index contributed by atoms with van der Waals surface area (Å²) in [5, 5.41) is 3.32. The molecule has 1 aromatic rings. The normalized spacial score (nSPS) is 28.9. The molecule has 1 aromatic carbocycles. The molecule has 2 aliphatic heterocycles. The molecule has 0 aliphatic carbocycles. The van der Waals surface area contributed by atoms with E-state index in [0.717, 1.165) is 44.6 Å². The molecule has 4 heteroatoms. The Kier molecular flexibility index (Phi) is 3.89. The van der Waals surface area contributed by atoms with E-state index in [0.29, 0.717) is 5.91 Å². The Labute approximate surface area is 126 Å². The van der Waals surface area contributed by atoms with Gasteiger partial charge in [0.1, 0.15) is 5.75 Å². The first-order valence-electron chi connectivity index (χ1n) is 7.80. The summed E-state index contributed by atoms with van der Waals surface area (Å²) in [5.74, 6) is 1.17. The van der Waals surface area contributed by atoms with Crippen molar-refractivity contribution in [2.75, 3.05) is 26.7 Å². The van der Waals surface area contributed by atoms with Crippen LogP contribution in [0.4, 0.5) is 0 Å². The number of carbonyl (C=O) groups is 1. The summed E-state index contributed by atoms with van der Waals surface area (Å²) in [5.41, 5.74) is 0.955. The average Bonchev–Trinajstić information content (AvgIpc) is 3.16. The highest BCUT2D eigenvalue weighted by Crippen LogP contribution is 2.38. The minimum atomic E-state index is -0.235. The number of hydrogen-bond acceptors (Lipinski definition) is 3. The van der Waals surface area contributed by atoms with Gasteiger partial charge in [0.25, 0.3) is 0 Å². The Morgan fingerprint density at radius 1 is 1.48 bits per heavy atom. The lowest BCUT2D eigenvalue weighted by Gasteiger charge is -2.32. The molecule has 0 aromatic heterocycles. The molecular formula is C17H24N2O2. The molecule has 0 spiro atoms. The van der Waals surface area contributed by atoms with Crippen molar-refractivity contribution >= 4 is 5.91 Å². The van der Waals surface area contributed by atoms with E-state index in [2.05, 4.69) is 29.3 Å². The topological polar surface area (TPSA) is 41.6 Å². The zero-order valence-electron chi connectivity index (χ0n) is 12.9. The number of likely N-dealkylation sites (tertiary alicyclic amines) is 1. The minimum Gasteiger partial charge on any atom is -0.497 e. The van der Waals surface area contributed by atoms with Gasteiger partial charge in [-0.1, -0.05) is 12.1 Å². The summed E-state index contributed by atoms with van der Waals surface area (Å²) in [7, 11) is 1.68. The average molecular weight is 288 g/mol. The van der Waals surface area contributed by atoms with Gasteiger partial charge in [0, 0.05) is 13.1 Å². The predicted molar refractivity (Wildman–Crippen MR) is 82.3 cm³/mol. The Morgan fingerprint density at radius 2 is 2.33 bits per heavy atom. The first-order valence-corrected chi connectivity index (χ1v) is 7.80. The second kappa shape index (κ2) is 5.68. The van der Waals surface area contributed by atoms with E-state index >= 15 is 0 Å². The van der Waals surface area contributed by atoms with Crippen LogP contribution in [0.25, 0.3) is 0 Å². The number of rotatable bonds is 3. The molecule has 21 heavy (non-hydrogen) atoms. The van der Waals surface area contributed by atoms with Gasteiger partial charge in [-0.2, -0.15) is 0 Å². The van der Waals surface area contributed by atoms with Gasteiger partial charge < -0.3 is 15.0 Å². The lowest BCUT2D eigenvalue weighted by atomic mass is 9.87. The number of nitrogens with one attached hydrogen (secondary N) is 1. The van der Waals surface area contributed by atoms with Crippen LogP contribution in [0.2, 0.25) is 0 Å². The lowest BCUT2D eigenvalue weighted by molar-refractivity contribution is -0.141. The number of ether oxygens (including phenoxy) is 1. The van der Waals surface area contributed by atoms with Crippen molar-refractivity contribution in [2.24, 2.45) is 5.41 Å². The first-order chi connectivity index (χ1) is 10.1. The molecule has 0 radical (unpaired) electrons.